The van der Waals surface area contributed by atoms with Crippen molar-refractivity contribution >= 4 is 62.8 Å². The Balaban J connectivity index is 1.87. The maximum absolute atomic E-state index is 13.0. The summed E-state index contributed by atoms with van der Waals surface area (Å²) in [6.45, 7) is 1.42. The summed E-state index contributed by atoms with van der Waals surface area (Å²) in [7, 11) is 0. The lowest BCUT2D eigenvalue weighted by Gasteiger charge is -2.29. The van der Waals surface area contributed by atoms with Crippen molar-refractivity contribution in [1.82, 2.24) is 5.32 Å². The van der Waals surface area contributed by atoms with Crippen molar-refractivity contribution in [3.63, 3.8) is 0 Å². The van der Waals surface area contributed by atoms with Crippen molar-refractivity contribution in [2.75, 3.05) is 4.90 Å². The number of carboxylic acids is 1. The number of rotatable bonds is 5. The standard InChI is InChI=1S/C20H15BrN2O5S/c1-11(19(26)27)28-15-7-5-12(6-8-15)9-16-17(24)22-20(29)23(18(16)25)14-4-2-3-13(21)10-14/h2-11H,1H3,(H,26,27)(H,22,24,29)/b16-9-/t11-/m0/s1. The minimum atomic E-state index is -1.08. The van der Waals surface area contributed by atoms with E-state index in [0.717, 1.165) is 4.47 Å². The zero-order valence-corrected chi connectivity index (χ0v) is 17.5. The van der Waals surface area contributed by atoms with Crippen molar-refractivity contribution in [1.29, 1.82) is 0 Å². The molecule has 29 heavy (non-hydrogen) atoms. The Labute approximate surface area is 180 Å². The Morgan fingerprint density at radius 3 is 2.55 bits per heavy atom. The number of amides is 2. The molecule has 2 amide bonds. The normalized spacial score (nSPS) is 16.6. The minimum Gasteiger partial charge on any atom is -0.479 e. The lowest BCUT2D eigenvalue weighted by atomic mass is 10.1. The monoisotopic (exact) mass is 474 g/mol. The second-order valence-electron chi connectivity index (χ2n) is 6.11. The van der Waals surface area contributed by atoms with Crippen LogP contribution in [0.15, 0.2) is 58.6 Å². The van der Waals surface area contributed by atoms with E-state index >= 15 is 0 Å². The summed E-state index contributed by atoms with van der Waals surface area (Å²) in [6, 6.07) is 13.4. The van der Waals surface area contributed by atoms with E-state index in [1.165, 1.54) is 17.9 Å². The van der Waals surface area contributed by atoms with Crippen molar-refractivity contribution in [2.24, 2.45) is 0 Å². The van der Waals surface area contributed by atoms with Gasteiger partial charge in [-0.3, -0.25) is 19.8 Å². The van der Waals surface area contributed by atoms with Crippen LogP contribution in [0.1, 0.15) is 12.5 Å². The van der Waals surface area contributed by atoms with Crippen LogP contribution in [0.3, 0.4) is 0 Å². The number of carbonyl (C=O) groups is 3. The molecule has 1 aliphatic heterocycles. The van der Waals surface area contributed by atoms with Crippen LogP contribution in [0.4, 0.5) is 5.69 Å². The van der Waals surface area contributed by atoms with E-state index in [2.05, 4.69) is 21.2 Å². The highest BCUT2D eigenvalue weighted by Gasteiger charge is 2.34. The molecule has 7 nitrogen and oxygen atoms in total. The van der Waals surface area contributed by atoms with Gasteiger partial charge in [-0.25, -0.2) is 4.79 Å². The van der Waals surface area contributed by atoms with Gasteiger partial charge in [0, 0.05) is 4.47 Å². The van der Waals surface area contributed by atoms with Gasteiger partial charge >= 0.3 is 5.97 Å². The van der Waals surface area contributed by atoms with Crippen LogP contribution < -0.4 is 15.0 Å². The molecule has 148 valence electrons. The van der Waals surface area contributed by atoms with Crippen molar-refractivity contribution < 1.29 is 24.2 Å². The van der Waals surface area contributed by atoms with Crippen molar-refractivity contribution in [2.45, 2.75) is 13.0 Å². The number of ether oxygens (including phenoxy) is 1. The van der Waals surface area contributed by atoms with Crippen LogP contribution in [0.5, 0.6) is 5.75 Å². The molecule has 0 radical (unpaired) electrons. The van der Waals surface area contributed by atoms with Gasteiger partial charge in [0.1, 0.15) is 11.3 Å². The first kappa shape index (κ1) is 20.7. The summed E-state index contributed by atoms with van der Waals surface area (Å²) in [5, 5.41) is 11.4. The zero-order chi connectivity index (χ0) is 21.1. The van der Waals surface area contributed by atoms with Crippen LogP contribution in [0.2, 0.25) is 0 Å². The largest absolute Gasteiger partial charge is 0.479 e. The number of anilines is 1. The molecule has 0 saturated carbocycles. The molecule has 1 atom stereocenters. The SMILES string of the molecule is C[C@H](Oc1ccc(/C=C2/C(=O)NC(=S)N(c3cccc(Br)c3)C2=O)cc1)C(=O)O. The molecular weight excluding hydrogens is 460 g/mol. The fraction of sp³-hybridized carbons (Fsp3) is 0.100. The van der Waals surface area contributed by atoms with Crippen LogP contribution in [0.25, 0.3) is 6.08 Å². The predicted octanol–water partition coefficient (Wildman–Crippen LogP) is 3.13. The van der Waals surface area contributed by atoms with E-state index in [-0.39, 0.29) is 10.7 Å². The molecule has 1 fully saturated rings. The fourth-order valence-electron chi connectivity index (χ4n) is 2.57. The van der Waals surface area contributed by atoms with Gasteiger partial charge in [-0.1, -0.05) is 34.1 Å². The Morgan fingerprint density at radius 2 is 1.93 bits per heavy atom. The maximum Gasteiger partial charge on any atom is 0.344 e. The van der Waals surface area contributed by atoms with Gasteiger partial charge < -0.3 is 9.84 Å². The first-order valence-electron chi connectivity index (χ1n) is 8.43. The van der Waals surface area contributed by atoms with Gasteiger partial charge in [0.05, 0.1) is 5.69 Å². The summed E-state index contributed by atoms with van der Waals surface area (Å²) in [4.78, 5) is 37.4. The molecule has 0 aromatic heterocycles. The smallest absolute Gasteiger partial charge is 0.344 e. The topological polar surface area (TPSA) is 95.9 Å². The molecule has 0 unspecified atom stereocenters. The fourth-order valence-corrected chi connectivity index (χ4v) is 3.24. The summed E-state index contributed by atoms with van der Waals surface area (Å²) >= 11 is 8.52. The molecule has 2 aromatic carbocycles. The van der Waals surface area contributed by atoms with E-state index in [0.29, 0.717) is 17.0 Å². The average Bonchev–Trinajstić information content (AvgIpc) is 2.66. The summed E-state index contributed by atoms with van der Waals surface area (Å²) in [6.07, 6.45) is 0.444. The lowest BCUT2D eigenvalue weighted by molar-refractivity contribution is -0.144. The minimum absolute atomic E-state index is 0.00153. The number of aliphatic carboxylic acids is 1. The Hall–Kier alpha value is -3.04. The number of carboxylic acid groups (broad SMARTS) is 1. The second kappa shape index (κ2) is 8.54. The van der Waals surface area contributed by atoms with Gasteiger partial charge in [-0.2, -0.15) is 0 Å². The average molecular weight is 475 g/mol. The van der Waals surface area contributed by atoms with Gasteiger partial charge in [0.15, 0.2) is 11.2 Å². The number of benzene rings is 2. The number of thiocarbonyl (C=S) groups is 1. The molecule has 0 bridgehead atoms. The third-order valence-electron chi connectivity index (χ3n) is 4.02. The highest BCUT2D eigenvalue weighted by molar-refractivity contribution is 9.10. The molecule has 0 aliphatic carbocycles. The van der Waals surface area contributed by atoms with Crippen LogP contribution in [-0.4, -0.2) is 34.1 Å². The van der Waals surface area contributed by atoms with Crippen LogP contribution in [-0.2, 0) is 14.4 Å². The first-order valence-corrected chi connectivity index (χ1v) is 9.63. The highest BCUT2D eigenvalue weighted by Crippen LogP contribution is 2.25. The first-order chi connectivity index (χ1) is 13.8. The van der Waals surface area contributed by atoms with Crippen molar-refractivity contribution in [3.05, 3.63) is 64.1 Å². The molecule has 9 heteroatoms. The number of carbonyl (C=O) groups excluding carboxylic acids is 2. The number of nitrogens with zero attached hydrogens (tertiary/aromatic N) is 1. The second-order valence-corrected chi connectivity index (χ2v) is 7.41. The Morgan fingerprint density at radius 1 is 1.24 bits per heavy atom. The molecular formula is C20H15BrN2O5S. The third-order valence-corrected chi connectivity index (χ3v) is 4.80. The van der Waals surface area contributed by atoms with Crippen LogP contribution in [0, 0.1) is 0 Å². The molecule has 3 rings (SSSR count). The predicted molar refractivity (Wildman–Crippen MR) is 115 cm³/mol. The molecule has 0 spiro atoms. The molecule has 1 heterocycles. The summed E-state index contributed by atoms with van der Waals surface area (Å²) in [5.74, 6) is -1.86. The number of hydrogen-bond acceptors (Lipinski definition) is 5. The lowest BCUT2D eigenvalue weighted by Crippen LogP contribution is -2.54. The van der Waals surface area contributed by atoms with Gasteiger partial charge in [0.2, 0.25) is 0 Å². The highest BCUT2D eigenvalue weighted by atomic mass is 79.9. The van der Waals surface area contributed by atoms with Crippen LogP contribution >= 0.6 is 28.1 Å². The van der Waals surface area contributed by atoms with E-state index in [1.807, 2.05) is 6.07 Å². The van der Waals surface area contributed by atoms with Gasteiger partial charge in [-0.05, 0) is 61.1 Å². The number of halogens is 1. The van der Waals surface area contributed by atoms with Gasteiger partial charge in [-0.15, -0.1) is 0 Å². The Bertz CT molecular complexity index is 1040. The molecule has 2 N–H and O–H groups in total. The molecule has 2 aromatic rings. The van der Waals surface area contributed by atoms with E-state index < -0.39 is 23.9 Å². The number of nitrogens with one attached hydrogen (secondary N) is 1. The zero-order valence-electron chi connectivity index (χ0n) is 15.1. The number of hydrogen-bond donors (Lipinski definition) is 2. The van der Waals surface area contributed by atoms with Crippen molar-refractivity contribution in [3.8, 4) is 5.75 Å². The summed E-state index contributed by atoms with van der Waals surface area (Å²) in [5.41, 5.74) is 1.01. The Kier molecular flexibility index (Phi) is 6.09. The van der Waals surface area contributed by atoms with E-state index in [1.54, 1.807) is 42.5 Å². The third kappa shape index (κ3) is 4.69. The summed E-state index contributed by atoms with van der Waals surface area (Å²) < 4.78 is 6.03. The molecule has 1 saturated heterocycles. The maximum atomic E-state index is 13.0. The van der Waals surface area contributed by atoms with E-state index in [9.17, 15) is 14.4 Å². The molecule has 1 aliphatic rings. The van der Waals surface area contributed by atoms with E-state index in [4.69, 9.17) is 22.1 Å². The van der Waals surface area contributed by atoms with Gasteiger partial charge in [0.25, 0.3) is 11.8 Å². The quantitative estimate of drug-likeness (QED) is 0.392.